The number of aryl methyl sites for hydroxylation is 1. The molecule has 98 valence electrons. The highest BCUT2D eigenvalue weighted by Gasteiger charge is 2.24. The molecule has 1 fully saturated rings. The number of benzene rings is 1. The van der Waals surface area contributed by atoms with Gasteiger partial charge in [-0.3, -0.25) is 4.79 Å². The molecule has 4 nitrogen and oxygen atoms in total. The maximum Gasteiger partial charge on any atom is 0.260 e. The third-order valence-electron chi connectivity index (χ3n) is 3.01. The average molecular weight is 270 g/mol. The number of carbonyl (C=O) groups excluding carboxylic acids is 1. The lowest BCUT2D eigenvalue weighted by atomic mass is 10.2. The van der Waals surface area contributed by atoms with Crippen molar-refractivity contribution in [2.24, 2.45) is 0 Å². The number of nitrogens with zero attached hydrogens (tertiary/aromatic N) is 1. The first-order chi connectivity index (χ1) is 8.56. The van der Waals surface area contributed by atoms with Crippen LogP contribution in [-0.2, 0) is 4.79 Å². The van der Waals surface area contributed by atoms with E-state index in [1.165, 1.54) is 0 Å². The van der Waals surface area contributed by atoms with E-state index in [2.05, 4.69) is 0 Å². The third-order valence-corrected chi connectivity index (χ3v) is 3.43. The first-order valence-corrected chi connectivity index (χ1v) is 6.29. The smallest absolute Gasteiger partial charge is 0.260 e. The van der Waals surface area contributed by atoms with Gasteiger partial charge < -0.3 is 14.7 Å². The van der Waals surface area contributed by atoms with Crippen molar-refractivity contribution in [3.63, 3.8) is 0 Å². The quantitative estimate of drug-likeness (QED) is 0.907. The van der Waals surface area contributed by atoms with Gasteiger partial charge in [0.15, 0.2) is 6.61 Å². The van der Waals surface area contributed by atoms with E-state index in [9.17, 15) is 9.90 Å². The van der Waals surface area contributed by atoms with Gasteiger partial charge in [-0.05, 0) is 37.1 Å². The molecule has 1 heterocycles. The molecule has 0 aliphatic carbocycles. The van der Waals surface area contributed by atoms with Gasteiger partial charge in [-0.15, -0.1) is 0 Å². The molecule has 1 N–H and O–H groups in total. The lowest BCUT2D eigenvalue weighted by molar-refractivity contribution is -0.132. The fraction of sp³-hybridized carbons (Fsp3) is 0.462. The van der Waals surface area contributed by atoms with Crippen molar-refractivity contribution in [1.82, 2.24) is 4.90 Å². The molecule has 0 spiro atoms. The minimum absolute atomic E-state index is 0.00616. The Labute approximate surface area is 111 Å². The first kappa shape index (κ1) is 13.2. The van der Waals surface area contributed by atoms with Gasteiger partial charge in [-0.1, -0.05) is 11.6 Å². The number of hydrogen-bond donors (Lipinski definition) is 1. The third kappa shape index (κ3) is 3.15. The van der Waals surface area contributed by atoms with E-state index in [-0.39, 0.29) is 12.5 Å². The van der Waals surface area contributed by atoms with Crippen LogP contribution in [0.5, 0.6) is 5.75 Å². The number of aliphatic hydroxyl groups excluding tert-OH is 1. The zero-order valence-corrected chi connectivity index (χ0v) is 11.0. The van der Waals surface area contributed by atoms with Crippen LogP contribution in [0.2, 0.25) is 5.02 Å². The molecule has 1 unspecified atom stereocenters. The molecular weight excluding hydrogens is 254 g/mol. The summed E-state index contributed by atoms with van der Waals surface area (Å²) >= 11 is 5.90. The van der Waals surface area contributed by atoms with E-state index in [1.807, 2.05) is 6.92 Å². The highest BCUT2D eigenvalue weighted by Crippen LogP contribution is 2.21. The fourth-order valence-electron chi connectivity index (χ4n) is 1.91. The van der Waals surface area contributed by atoms with Crippen molar-refractivity contribution < 1.29 is 14.6 Å². The summed E-state index contributed by atoms with van der Waals surface area (Å²) in [7, 11) is 0. The van der Waals surface area contributed by atoms with Crippen LogP contribution in [0.15, 0.2) is 18.2 Å². The standard InChI is InChI=1S/C13H16ClNO3/c1-9-6-11(2-3-12(9)14)18-8-13(17)15-5-4-10(16)7-15/h2-3,6,10,16H,4-5,7-8H2,1H3. The van der Waals surface area contributed by atoms with Crippen LogP contribution in [-0.4, -0.2) is 41.7 Å². The molecule has 1 saturated heterocycles. The van der Waals surface area contributed by atoms with Gasteiger partial charge in [0, 0.05) is 18.1 Å². The summed E-state index contributed by atoms with van der Waals surface area (Å²) in [4.78, 5) is 13.4. The molecule has 0 saturated carbocycles. The van der Waals surface area contributed by atoms with Crippen molar-refractivity contribution in [3.05, 3.63) is 28.8 Å². The second-order valence-corrected chi connectivity index (χ2v) is 4.89. The van der Waals surface area contributed by atoms with Gasteiger partial charge in [0.2, 0.25) is 0 Å². The van der Waals surface area contributed by atoms with Crippen molar-refractivity contribution >= 4 is 17.5 Å². The normalized spacial score (nSPS) is 19.1. The number of halogens is 1. The zero-order valence-electron chi connectivity index (χ0n) is 10.2. The topological polar surface area (TPSA) is 49.8 Å². The molecule has 2 rings (SSSR count). The summed E-state index contributed by atoms with van der Waals surface area (Å²) < 4.78 is 5.42. The summed E-state index contributed by atoms with van der Waals surface area (Å²) in [6.07, 6.45) is 0.248. The molecule has 1 aromatic carbocycles. The Morgan fingerprint density at radius 2 is 2.39 bits per heavy atom. The monoisotopic (exact) mass is 269 g/mol. The SMILES string of the molecule is Cc1cc(OCC(=O)N2CCC(O)C2)ccc1Cl. The van der Waals surface area contributed by atoms with Gasteiger partial charge >= 0.3 is 0 Å². The van der Waals surface area contributed by atoms with Gasteiger partial charge in [-0.2, -0.15) is 0 Å². The van der Waals surface area contributed by atoms with Crippen LogP contribution in [0, 0.1) is 6.92 Å². The number of β-amino-alcohol motifs (C(OH)–C–C–N with tert-alkyl or cyclic N) is 1. The fourth-order valence-corrected chi connectivity index (χ4v) is 2.03. The molecule has 0 aromatic heterocycles. The van der Waals surface area contributed by atoms with E-state index in [0.717, 1.165) is 5.56 Å². The van der Waals surface area contributed by atoms with Crippen molar-refractivity contribution in [2.45, 2.75) is 19.4 Å². The Hall–Kier alpha value is -1.26. The first-order valence-electron chi connectivity index (χ1n) is 5.91. The Kier molecular flexibility index (Phi) is 4.09. The molecule has 1 atom stereocenters. The highest BCUT2D eigenvalue weighted by molar-refractivity contribution is 6.31. The maximum absolute atomic E-state index is 11.8. The number of aliphatic hydroxyl groups is 1. The van der Waals surface area contributed by atoms with Crippen molar-refractivity contribution in [2.75, 3.05) is 19.7 Å². The predicted molar refractivity (Wildman–Crippen MR) is 68.9 cm³/mol. The second kappa shape index (κ2) is 5.59. The van der Waals surface area contributed by atoms with Gasteiger partial charge in [0.25, 0.3) is 5.91 Å². The van der Waals surface area contributed by atoms with E-state index < -0.39 is 6.10 Å². The summed E-state index contributed by atoms with van der Waals surface area (Å²) in [6, 6.07) is 5.28. The number of amides is 1. The lowest BCUT2D eigenvalue weighted by Gasteiger charge is -2.16. The molecule has 0 radical (unpaired) electrons. The second-order valence-electron chi connectivity index (χ2n) is 4.48. The van der Waals surface area contributed by atoms with Crippen LogP contribution in [0.1, 0.15) is 12.0 Å². The summed E-state index contributed by atoms with van der Waals surface area (Å²) in [6.45, 7) is 2.88. The zero-order chi connectivity index (χ0) is 13.1. The molecule has 5 heteroatoms. The minimum Gasteiger partial charge on any atom is -0.484 e. The summed E-state index contributed by atoms with van der Waals surface area (Å²) in [5, 5.41) is 10.0. The minimum atomic E-state index is -0.397. The van der Waals surface area contributed by atoms with Gasteiger partial charge in [-0.25, -0.2) is 0 Å². The van der Waals surface area contributed by atoms with E-state index >= 15 is 0 Å². The molecule has 1 amide bonds. The average Bonchev–Trinajstić information content (AvgIpc) is 2.77. The van der Waals surface area contributed by atoms with E-state index in [1.54, 1.807) is 23.1 Å². The summed E-state index contributed by atoms with van der Waals surface area (Å²) in [5.74, 6) is 0.532. The molecule has 1 aliphatic heterocycles. The Morgan fingerprint density at radius 3 is 3.00 bits per heavy atom. The van der Waals surface area contributed by atoms with Crippen LogP contribution >= 0.6 is 11.6 Å². The van der Waals surface area contributed by atoms with Gasteiger partial charge in [0.1, 0.15) is 5.75 Å². The predicted octanol–water partition coefficient (Wildman–Crippen LogP) is 1.62. The summed E-state index contributed by atoms with van der Waals surface area (Å²) in [5.41, 5.74) is 0.915. The number of rotatable bonds is 3. The molecule has 1 aliphatic rings. The van der Waals surface area contributed by atoms with Crippen molar-refractivity contribution in [1.29, 1.82) is 0 Å². The Balaban J connectivity index is 1.87. The number of carbonyl (C=O) groups is 1. The Bertz CT molecular complexity index is 450. The van der Waals surface area contributed by atoms with Crippen LogP contribution < -0.4 is 4.74 Å². The largest absolute Gasteiger partial charge is 0.484 e. The van der Waals surface area contributed by atoms with Crippen LogP contribution in [0.3, 0.4) is 0 Å². The van der Waals surface area contributed by atoms with Crippen molar-refractivity contribution in [3.8, 4) is 5.75 Å². The number of hydrogen-bond acceptors (Lipinski definition) is 3. The molecule has 1 aromatic rings. The van der Waals surface area contributed by atoms with Gasteiger partial charge in [0.05, 0.1) is 6.10 Å². The molecule has 18 heavy (non-hydrogen) atoms. The number of likely N-dealkylation sites (tertiary alicyclic amines) is 1. The lowest BCUT2D eigenvalue weighted by Crippen LogP contribution is -2.33. The van der Waals surface area contributed by atoms with E-state index in [4.69, 9.17) is 16.3 Å². The highest BCUT2D eigenvalue weighted by atomic mass is 35.5. The van der Waals surface area contributed by atoms with E-state index in [0.29, 0.717) is 30.3 Å². The molecular formula is C13H16ClNO3. The Morgan fingerprint density at radius 1 is 1.61 bits per heavy atom. The van der Waals surface area contributed by atoms with Crippen LogP contribution in [0.4, 0.5) is 0 Å². The maximum atomic E-state index is 11.8. The van der Waals surface area contributed by atoms with Crippen LogP contribution in [0.25, 0.3) is 0 Å². The molecule has 0 bridgehead atoms. The number of ether oxygens (including phenoxy) is 1.